The van der Waals surface area contributed by atoms with Crippen LogP contribution in [0.25, 0.3) is 0 Å². The SMILES string of the molecule is COc1cc(CNC(CCSC)C(=O)O)ccc1OCc1ccc(Cl)c(Cl)c1. The zero-order valence-corrected chi connectivity index (χ0v) is 18.0. The van der Waals surface area contributed by atoms with Gasteiger partial charge in [-0.2, -0.15) is 11.8 Å². The van der Waals surface area contributed by atoms with Gasteiger partial charge in [0, 0.05) is 6.54 Å². The number of nitrogens with one attached hydrogen (secondary N) is 1. The van der Waals surface area contributed by atoms with Crippen LogP contribution in [-0.4, -0.2) is 36.2 Å². The Balaban J connectivity index is 2.00. The number of benzene rings is 2. The van der Waals surface area contributed by atoms with Gasteiger partial charge in [-0.15, -0.1) is 0 Å². The number of ether oxygens (including phenoxy) is 2. The molecule has 0 aromatic heterocycles. The number of halogens is 2. The van der Waals surface area contributed by atoms with Crippen LogP contribution in [0.2, 0.25) is 10.0 Å². The highest BCUT2D eigenvalue weighted by Crippen LogP contribution is 2.30. The molecule has 2 N–H and O–H groups in total. The predicted molar refractivity (Wildman–Crippen MR) is 115 cm³/mol. The second-order valence-corrected chi connectivity index (χ2v) is 7.88. The third-order valence-electron chi connectivity index (χ3n) is 4.07. The van der Waals surface area contributed by atoms with E-state index >= 15 is 0 Å². The molecule has 0 heterocycles. The van der Waals surface area contributed by atoms with Crippen molar-refractivity contribution < 1.29 is 19.4 Å². The molecular weight excluding hydrogens is 421 g/mol. The van der Waals surface area contributed by atoms with E-state index in [-0.39, 0.29) is 0 Å². The maximum absolute atomic E-state index is 11.3. The monoisotopic (exact) mass is 443 g/mol. The van der Waals surface area contributed by atoms with Crippen LogP contribution in [0.5, 0.6) is 11.5 Å². The molecule has 0 spiro atoms. The molecule has 152 valence electrons. The molecule has 0 amide bonds. The third kappa shape index (κ3) is 6.78. The first-order chi connectivity index (χ1) is 13.4. The molecule has 8 heteroatoms. The predicted octanol–water partition coefficient (Wildman–Crippen LogP) is 4.88. The summed E-state index contributed by atoms with van der Waals surface area (Å²) in [5, 5.41) is 13.4. The van der Waals surface area contributed by atoms with Crippen LogP contribution in [0.4, 0.5) is 0 Å². The molecule has 5 nitrogen and oxygen atoms in total. The van der Waals surface area contributed by atoms with Crippen molar-refractivity contribution in [3.8, 4) is 11.5 Å². The van der Waals surface area contributed by atoms with Crippen LogP contribution < -0.4 is 14.8 Å². The van der Waals surface area contributed by atoms with E-state index in [4.69, 9.17) is 32.7 Å². The molecule has 0 aliphatic carbocycles. The summed E-state index contributed by atoms with van der Waals surface area (Å²) >= 11 is 13.6. The summed E-state index contributed by atoms with van der Waals surface area (Å²) in [6, 6.07) is 10.3. The number of hydrogen-bond donors (Lipinski definition) is 2. The van der Waals surface area contributed by atoms with Gasteiger partial charge >= 0.3 is 5.97 Å². The summed E-state index contributed by atoms with van der Waals surface area (Å²) in [6.45, 7) is 0.745. The zero-order chi connectivity index (χ0) is 20.5. The van der Waals surface area contributed by atoms with E-state index in [0.717, 1.165) is 16.9 Å². The minimum absolute atomic E-state index is 0.320. The average molecular weight is 444 g/mol. The fourth-order valence-electron chi connectivity index (χ4n) is 2.52. The number of carbonyl (C=O) groups is 1. The molecule has 1 atom stereocenters. The van der Waals surface area contributed by atoms with E-state index in [9.17, 15) is 9.90 Å². The lowest BCUT2D eigenvalue weighted by Gasteiger charge is -2.16. The van der Waals surface area contributed by atoms with Crippen molar-refractivity contribution >= 4 is 40.9 Å². The number of carboxylic acids is 1. The number of methoxy groups -OCH3 is 1. The van der Waals surface area contributed by atoms with Crippen molar-refractivity contribution in [1.82, 2.24) is 5.32 Å². The Morgan fingerprint density at radius 3 is 2.54 bits per heavy atom. The molecular formula is C20H23Cl2NO4S. The molecule has 0 fully saturated rings. The maximum atomic E-state index is 11.3. The summed E-state index contributed by atoms with van der Waals surface area (Å²) in [6.07, 6.45) is 2.53. The molecule has 0 aliphatic rings. The van der Waals surface area contributed by atoms with Gasteiger partial charge in [0.15, 0.2) is 11.5 Å². The molecule has 0 saturated carbocycles. The van der Waals surface area contributed by atoms with Gasteiger partial charge in [-0.25, -0.2) is 0 Å². The normalized spacial score (nSPS) is 11.9. The van der Waals surface area contributed by atoms with Gasteiger partial charge < -0.3 is 19.9 Å². The number of aliphatic carboxylic acids is 1. The second-order valence-electron chi connectivity index (χ2n) is 6.08. The number of rotatable bonds is 11. The van der Waals surface area contributed by atoms with Crippen molar-refractivity contribution in [2.45, 2.75) is 25.6 Å². The summed E-state index contributed by atoms with van der Waals surface area (Å²) in [5.41, 5.74) is 1.80. The average Bonchev–Trinajstić information content (AvgIpc) is 2.69. The van der Waals surface area contributed by atoms with E-state index in [2.05, 4.69) is 5.32 Å². The highest BCUT2D eigenvalue weighted by molar-refractivity contribution is 7.98. The van der Waals surface area contributed by atoms with Crippen LogP contribution in [-0.2, 0) is 17.9 Å². The number of thioether (sulfide) groups is 1. The highest BCUT2D eigenvalue weighted by Gasteiger charge is 2.16. The van der Waals surface area contributed by atoms with Crippen LogP contribution >= 0.6 is 35.0 Å². The van der Waals surface area contributed by atoms with Crippen LogP contribution in [0, 0.1) is 0 Å². The Hall–Kier alpha value is -1.60. The fourth-order valence-corrected chi connectivity index (χ4v) is 3.31. The topological polar surface area (TPSA) is 67.8 Å². The van der Waals surface area contributed by atoms with E-state index < -0.39 is 12.0 Å². The van der Waals surface area contributed by atoms with E-state index in [1.807, 2.05) is 30.5 Å². The maximum Gasteiger partial charge on any atom is 0.320 e. The minimum Gasteiger partial charge on any atom is -0.493 e. The van der Waals surface area contributed by atoms with Gasteiger partial charge in [-0.05, 0) is 53.8 Å². The lowest BCUT2D eigenvalue weighted by molar-refractivity contribution is -0.139. The van der Waals surface area contributed by atoms with Gasteiger partial charge in [0.1, 0.15) is 12.6 Å². The molecule has 2 aromatic rings. The Bertz CT molecular complexity index is 804. The lowest BCUT2D eigenvalue weighted by atomic mass is 10.1. The van der Waals surface area contributed by atoms with E-state index in [0.29, 0.717) is 41.1 Å². The van der Waals surface area contributed by atoms with Crippen LogP contribution in [0.1, 0.15) is 17.5 Å². The molecule has 28 heavy (non-hydrogen) atoms. The third-order valence-corrected chi connectivity index (χ3v) is 5.45. The summed E-state index contributed by atoms with van der Waals surface area (Å²) < 4.78 is 11.3. The first-order valence-corrected chi connectivity index (χ1v) is 10.8. The standard InChI is InChI=1S/C20H23Cl2NO4S/c1-26-19-10-13(11-23-17(20(24)25)7-8-28-2)4-6-18(19)27-12-14-3-5-15(21)16(22)9-14/h3-6,9-10,17,23H,7-8,11-12H2,1-2H3,(H,24,25). The highest BCUT2D eigenvalue weighted by atomic mass is 35.5. The van der Waals surface area contributed by atoms with Crippen molar-refractivity contribution in [2.75, 3.05) is 19.1 Å². The lowest BCUT2D eigenvalue weighted by Crippen LogP contribution is -2.36. The zero-order valence-electron chi connectivity index (χ0n) is 15.7. The van der Waals surface area contributed by atoms with Gasteiger partial charge in [-0.3, -0.25) is 4.79 Å². The molecule has 2 rings (SSSR count). The van der Waals surface area contributed by atoms with Crippen molar-refractivity contribution in [3.63, 3.8) is 0 Å². The van der Waals surface area contributed by atoms with Crippen molar-refractivity contribution in [2.24, 2.45) is 0 Å². The second kappa shape index (κ2) is 11.4. The van der Waals surface area contributed by atoms with Crippen LogP contribution in [0.3, 0.4) is 0 Å². The molecule has 0 radical (unpaired) electrons. The van der Waals surface area contributed by atoms with Crippen molar-refractivity contribution in [1.29, 1.82) is 0 Å². The van der Waals surface area contributed by atoms with Gasteiger partial charge in [0.2, 0.25) is 0 Å². The molecule has 0 aliphatic heterocycles. The van der Waals surface area contributed by atoms with Gasteiger partial charge in [0.05, 0.1) is 17.2 Å². The minimum atomic E-state index is -0.845. The van der Waals surface area contributed by atoms with Crippen LogP contribution in [0.15, 0.2) is 36.4 Å². The van der Waals surface area contributed by atoms with E-state index in [1.54, 1.807) is 31.0 Å². The van der Waals surface area contributed by atoms with Crippen molar-refractivity contribution in [3.05, 3.63) is 57.6 Å². The quantitative estimate of drug-likeness (QED) is 0.515. The van der Waals surface area contributed by atoms with Gasteiger partial charge in [-0.1, -0.05) is 35.3 Å². The largest absolute Gasteiger partial charge is 0.493 e. The fraction of sp³-hybridized carbons (Fsp3) is 0.350. The van der Waals surface area contributed by atoms with Gasteiger partial charge in [0.25, 0.3) is 0 Å². The Kier molecular flexibility index (Phi) is 9.25. The van der Waals surface area contributed by atoms with E-state index in [1.165, 1.54) is 0 Å². The molecule has 2 aromatic carbocycles. The number of hydrogen-bond acceptors (Lipinski definition) is 5. The molecule has 0 saturated heterocycles. The smallest absolute Gasteiger partial charge is 0.320 e. The molecule has 1 unspecified atom stereocenters. The Morgan fingerprint density at radius 2 is 1.89 bits per heavy atom. The summed E-state index contributed by atoms with van der Waals surface area (Å²) in [4.78, 5) is 11.3. The first-order valence-electron chi connectivity index (χ1n) is 8.63. The Morgan fingerprint density at radius 1 is 1.14 bits per heavy atom. The summed E-state index contributed by atoms with van der Waals surface area (Å²) in [5.74, 6) is 1.11. The number of carboxylic acid groups (broad SMARTS) is 1. The Labute approximate surface area is 179 Å². The summed E-state index contributed by atoms with van der Waals surface area (Å²) in [7, 11) is 1.57. The first kappa shape index (κ1) is 22.7. The molecule has 0 bridgehead atoms.